The number of carbonyl (C=O) groups is 1. The zero-order chi connectivity index (χ0) is 21.6. The Kier molecular flexibility index (Phi) is 5.58. The standard InChI is InChI=1S/C23H18N6O2/c1-31-19-7-3-6-17(11-19)27-22-20-12-18(8-9-21(20)25-14-26-22)29-23(30)28-16-5-2-4-15(10-16)13-24/h2-12,14H,1H3,(H,25,26,27)(H2,28,29,30). The molecule has 3 N–H and O–H groups in total. The SMILES string of the molecule is COc1cccc(Nc2ncnc3ccc(NC(=O)Nc4cccc(C#N)c4)cc23)c1. The molecule has 1 heterocycles. The van der Waals surface area contributed by atoms with Gasteiger partial charge in [-0.1, -0.05) is 12.1 Å². The highest BCUT2D eigenvalue weighted by Crippen LogP contribution is 2.27. The number of nitrogens with one attached hydrogen (secondary N) is 3. The molecule has 0 atom stereocenters. The Hall–Kier alpha value is -4.64. The van der Waals surface area contributed by atoms with Crippen molar-refractivity contribution in [1.82, 2.24) is 9.97 Å². The molecule has 0 spiro atoms. The number of urea groups is 1. The molecule has 4 aromatic rings. The predicted octanol–water partition coefficient (Wildman–Crippen LogP) is 4.90. The molecule has 0 aliphatic rings. The molecule has 2 amide bonds. The Bertz CT molecular complexity index is 1300. The van der Waals surface area contributed by atoms with E-state index in [0.717, 1.165) is 22.3 Å². The minimum atomic E-state index is -0.423. The molecular weight excluding hydrogens is 392 g/mol. The van der Waals surface area contributed by atoms with Crippen LogP contribution < -0.4 is 20.7 Å². The van der Waals surface area contributed by atoms with Crippen molar-refractivity contribution in [3.05, 3.63) is 78.6 Å². The fourth-order valence-electron chi connectivity index (χ4n) is 3.03. The van der Waals surface area contributed by atoms with E-state index in [9.17, 15) is 4.79 Å². The summed E-state index contributed by atoms with van der Waals surface area (Å²) in [5, 5.41) is 18.5. The van der Waals surface area contributed by atoms with Crippen LogP contribution in [0.25, 0.3) is 10.9 Å². The van der Waals surface area contributed by atoms with Gasteiger partial charge < -0.3 is 20.7 Å². The third-order valence-corrected chi connectivity index (χ3v) is 4.48. The summed E-state index contributed by atoms with van der Waals surface area (Å²) in [5.74, 6) is 1.33. The molecule has 0 radical (unpaired) electrons. The lowest BCUT2D eigenvalue weighted by Crippen LogP contribution is -2.19. The van der Waals surface area contributed by atoms with Crippen molar-refractivity contribution in [2.24, 2.45) is 0 Å². The van der Waals surface area contributed by atoms with Crippen LogP contribution in [0, 0.1) is 11.3 Å². The smallest absolute Gasteiger partial charge is 0.323 e. The molecule has 0 bridgehead atoms. The van der Waals surface area contributed by atoms with Gasteiger partial charge in [-0.15, -0.1) is 0 Å². The Morgan fingerprint density at radius 1 is 0.935 bits per heavy atom. The monoisotopic (exact) mass is 410 g/mol. The van der Waals surface area contributed by atoms with E-state index in [2.05, 4.69) is 25.9 Å². The number of methoxy groups -OCH3 is 1. The Morgan fingerprint density at radius 3 is 2.52 bits per heavy atom. The topological polar surface area (TPSA) is 112 Å². The number of amides is 2. The van der Waals surface area contributed by atoms with Crippen LogP contribution in [0.1, 0.15) is 5.56 Å². The number of anilines is 4. The molecule has 0 aliphatic heterocycles. The lowest BCUT2D eigenvalue weighted by atomic mass is 10.2. The van der Waals surface area contributed by atoms with Gasteiger partial charge >= 0.3 is 6.03 Å². The first-order valence-corrected chi connectivity index (χ1v) is 9.38. The minimum absolute atomic E-state index is 0.423. The summed E-state index contributed by atoms with van der Waals surface area (Å²) in [6.45, 7) is 0. The van der Waals surface area contributed by atoms with Crippen molar-refractivity contribution in [2.45, 2.75) is 0 Å². The maximum Gasteiger partial charge on any atom is 0.323 e. The average molecular weight is 410 g/mol. The van der Waals surface area contributed by atoms with E-state index in [1.807, 2.05) is 30.3 Å². The third-order valence-electron chi connectivity index (χ3n) is 4.48. The van der Waals surface area contributed by atoms with Crippen molar-refractivity contribution >= 4 is 39.8 Å². The van der Waals surface area contributed by atoms with E-state index < -0.39 is 6.03 Å². The number of fused-ring (bicyclic) bond motifs is 1. The maximum absolute atomic E-state index is 12.4. The molecule has 3 aromatic carbocycles. The van der Waals surface area contributed by atoms with E-state index in [1.54, 1.807) is 49.6 Å². The Morgan fingerprint density at radius 2 is 1.71 bits per heavy atom. The molecule has 8 heteroatoms. The van der Waals surface area contributed by atoms with Crippen LogP contribution in [0.5, 0.6) is 5.75 Å². The van der Waals surface area contributed by atoms with E-state index in [-0.39, 0.29) is 0 Å². The normalized spacial score (nSPS) is 10.2. The van der Waals surface area contributed by atoms with Crippen LogP contribution in [-0.4, -0.2) is 23.1 Å². The molecule has 0 aliphatic carbocycles. The van der Waals surface area contributed by atoms with Crippen molar-refractivity contribution in [3.8, 4) is 11.8 Å². The van der Waals surface area contributed by atoms with Gasteiger partial charge in [0, 0.05) is 28.5 Å². The first-order chi connectivity index (χ1) is 15.1. The fraction of sp³-hybridized carbons (Fsp3) is 0.0435. The van der Waals surface area contributed by atoms with Gasteiger partial charge in [-0.25, -0.2) is 14.8 Å². The number of carbonyl (C=O) groups excluding carboxylic acids is 1. The van der Waals surface area contributed by atoms with Gasteiger partial charge in [-0.2, -0.15) is 5.26 Å². The summed E-state index contributed by atoms with van der Waals surface area (Å²) >= 11 is 0. The second-order valence-electron chi connectivity index (χ2n) is 6.58. The number of hydrogen-bond acceptors (Lipinski definition) is 6. The number of nitrogens with zero attached hydrogens (tertiary/aromatic N) is 3. The van der Waals surface area contributed by atoms with Gasteiger partial charge in [0.25, 0.3) is 0 Å². The van der Waals surface area contributed by atoms with Crippen molar-refractivity contribution < 1.29 is 9.53 Å². The zero-order valence-corrected chi connectivity index (χ0v) is 16.6. The van der Waals surface area contributed by atoms with Crippen molar-refractivity contribution in [1.29, 1.82) is 5.26 Å². The second kappa shape index (κ2) is 8.80. The lowest BCUT2D eigenvalue weighted by molar-refractivity contribution is 0.262. The molecular formula is C23H18N6O2. The first kappa shape index (κ1) is 19.7. The van der Waals surface area contributed by atoms with Gasteiger partial charge in [-0.3, -0.25) is 0 Å². The predicted molar refractivity (Wildman–Crippen MR) is 120 cm³/mol. The number of nitriles is 1. The summed E-state index contributed by atoms with van der Waals surface area (Å²) in [6.07, 6.45) is 1.48. The minimum Gasteiger partial charge on any atom is -0.497 e. The van der Waals surface area contributed by atoms with Crippen LogP contribution in [0.4, 0.5) is 27.7 Å². The van der Waals surface area contributed by atoms with Gasteiger partial charge in [0.05, 0.1) is 24.3 Å². The van der Waals surface area contributed by atoms with Crippen molar-refractivity contribution in [3.63, 3.8) is 0 Å². The Labute approximate surface area is 178 Å². The largest absolute Gasteiger partial charge is 0.497 e. The molecule has 0 saturated carbocycles. The lowest BCUT2D eigenvalue weighted by Gasteiger charge is -2.12. The summed E-state index contributed by atoms with van der Waals surface area (Å²) in [4.78, 5) is 21.0. The van der Waals surface area contributed by atoms with Crippen LogP contribution >= 0.6 is 0 Å². The quantitative estimate of drug-likeness (QED) is 0.431. The summed E-state index contributed by atoms with van der Waals surface area (Å²) in [6, 6.07) is 21.2. The summed E-state index contributed by atoms with van der Waals surface area (Å²) < 4.78 is 5.26. The highest BCUT2D eigenvalue weighted by molar-refractivity contribution is 6.02. The third kappa shape index (κ3) is 4.68. The number of benzene rings is 3. The van der Waals surface area contributed by atoms with Crippen molar-refractivity contribution in [2.75, 3.05) is 23.1 Å². The molecule has 0 unspecified atom stereocenters. The van der Waals surface area contributed by atoms with Crippen LogP contribution in [-0.2, 0) is 0 Å². The molecule has 1 aromatic heterocycles. The average Bonchev–Trinajstić information content (AvgIpc) is 2.79. The fourth-order valence-corrected chi connectivity index (χ4v) is 3.03. The van der Waals surface area contributed by atoms with E-state index in [4.69, 9.17) is 10.00 Å². The zero-order valence-electron chi connectivity index (χ0n) is 16.6. The van der Waals surface area contributed by atoms with Crippen LogP contribution in [0.2, 0.25) is 0 Å². The number of hydrogen-bond donors (Lipinski definition) is 3. The van der Waals surface area contributed by atoms with E-state index >= 15 is 0 Å². The highest BCUT2D eigenvalue weighted by Gasteiger charge is 2.09. The van der Waals surface area contributed by atoms with E-state index in [0.29, 0.717) is 22.8 Å². The summed E-state index contributed by atoms with van der Waals surface area (Å²) in [5.41, 5.74) is 3.11. The molecule has 4 rings (SSSR count). The molecule has 0 saturated heterocycles. The van der Waals surface area contributed by atoms with Gasteiger partial charge in [0.1, 0.15) is 17.9 Å². The van der Waals surface area contributed by atoms with Gasteiger partial charge in [0.15, 0.2) is 0 Å². The molecule has 0 fully saturated rings. The maximum atomic E-state index is 12.4. The Balaban J connectivity index is 1.56. The number of ether oxygens (including phenoxy) is 1. The summed E-state index contributed by atoms with van der Waals surface area (Å²) in [7, 11) is 1.61. The van der Waals surface area contributed by atoms with Crippen LogP contribution in [0.3, 0.4) is 0 Å². The van der Waals surface area contributed by atoms with E-state index in [1.165, 1.54) is 6.33 Å². The number of aromatic nitrogens is 2. The molecule has 8 nitrogen and oxygen atoms in total. The van der Waals surface area contributed by atoms with Gasteiger partial charge in [0.2, 0.25) is 0 Å². The second-order valence-corrected chi connectivity index (χ2v) is 6.58. The van der Waals surface area contributed by atoms with Gasteiger partial charge in [-0.05, 0) is 48.5 Å². The first-order valence-electron chi connectivity index (χ1n) is 9.38. The molecule has 152 valence electrons. The van der Waals surface area contributed by atoms with Crippen LogP contribution in [0.15, 0.2) is 73.1 Å². The number of rotatable bonds is 5. The molecule has 31 heavy (non-hydrogen) atoms. The highest BCUT2D eigenvalue weighted by atomic mass is 16.5.